The number of hydrogen-bond acceptors (Lipinski definition) is 6. The smallest absolute Gasteiger partial charge is 0.245 e. The van der Waals surface area contributed by atoms with Crippen LogP contribution in [0.2, 0.25) is 0 Å². The Hall–Kier alpha value is -3.43. The minimum absolute atomic E-state index is 0.231. The highest BCUT2D eigenvalue weighted by molar-refractivity contribution is 7.89. The lowest BCUT2D eigenvalue weighted by Crippen LogP contribution is -2.36. The predicted octanol–water partition coefficient (Wildman–Crippen LogP) is 4.27. The molecule has 0 saturated carbocycles. The molecule has 4 aromatic rings. The molecule has 0 spiro atoms. The van der Waals surface area contributed by atoms with Crippen LogP contribution in [-0.4, -0.2) is 53.9 Å². The SMILES string of the molecule is Cc1nc(C)c(Cc2cccc(F)c2)c(N2CCCN(S(=O)(=O)c3cccc4cccnc34)CC2)n1. The highest BCUT2D eigenvalue weighted by Gasteiger charge is 2.30. The Morgan fingerprint density at radius 1 is 0.944 bits per heavy atom. The van der Waals surface area contributed by atoms with Crippen LogP contribution in [-0.2, 0) is 16.4 Å². The van der Waals surface area contributed by atoms with E-state index in [1.165, 1.54) is 12.1 Å². The van der Waals surface area contributed by atoms with Crippen LogP contribution in [0.4, 0.5) is 10.2 Å². The Bertz CT molecular complexity index is 1520. The largest absolute Gasteiger partial charge is 0.355 e. The van der Waals surface area contributed by atoms with E-state index >= 15 is 0 Å². The second-order valence-corrected chi connectivity index (χ2v) is 10.9. The van der Waals surface area contributed by atoms with Gasteiger partial charge in [-0.2, -0.15) is 4.31 Å². The molecule has 5 rings (SSSR count). The highest BCUT2D eigenvalue weighted by Crippen LogP contribution is 2.28. The van der Waals surface area contributed by atoms with Crippen molar-refractivity contribution in [3.05, 3.63) is 89.3 Å². The maximum atomic E-state index is 13.8. The first-order valence-corrected chi connectivity index (χ1v) is 13.4. The number of pyridine rings is 1. The maximum Gasteiger partial charge on any atom is 0.245 e. The topological polar surface area (TPSA) is 79.3 Å². The van der Waals surface area contributed by atoms with Crippen LogP contribution in [0, 0.1) is 19.7 Å². The molecular weight excluding hydrogens is 477 g/mol. The number of sulfonamides is 1. The van der Waals surface area contributed by atoms with Gasteiger partial charge in [-0.1, -0.05) is 30.3 Å². The Labute approximate surface area is 210 Å². The van der Waals surface area contributed by atoms with E-state index in [9.17, 15) is 12.8 Å². The number of aromatic nitrogens is 3. The van der Waals surface area contributed by atoms with Gasteiger partial charge in [0, 0.05) is 55.4 Å². The van der Waals surface area contributed by atoms with Crippen molar-refractivity contribution in [3.8, 4) is 0 Å². The molecule has 0 aliphatic carbocycles. The number of rotatable bonds is 5. The first-order chi connectivity index (χ1) is 17.3. The Balaban J connectivity index is 1.43. The summed E-state index contributed by atoms with van der Waals surface area (Å²) < 4.78 is 42.7. The molecule has 186 valence electrons. The van der Waals surface area contributed by atoms with Gasteiger partial charge in [0.2, 0.25) is 10.0 Å². The standard InChI is InChI=1S/C27H28FN5O2S/c1-19-24(18-21-7-3-10-23(28)17-21)27(31-20(2)30-19)32-13-6-14-33(16-15-32)36(34,35)25-11-4-8-22-9-5-12-29-26(22)25/h3-5,7-12,17H,6,13-16,18H2,1-2H3. The number of anilines is 1. The van der Waals surface area contributed by atoms with Crippen LogP contribution >= 0.6 is 0 Å². The van der Waals surface area contributed by atoms with E-state index in [1.807, 2.05) is 32.0 Å². The number of nitrogens with zero attached hydrogens (tertiary/aromatic N) is 5. The van der Waals surface area contributed by atoms with E-state index in [4.69, 9.17) is 4.98 Å². The van der Waals surface area contributed by atoms with Crippen molar-refractivity contribution in [1.29, 1.82) is 0 Å². The average molecular weight is 506 g/mol. The maximum absolute atomic E-state index is 13.8. The second-order valence-electron chi connectivity index (χ2n) is 9.04. The summed E-state index contributed by atoms with van der Waals surface area (Å²) in [5.74, 6) is 1.16. The third kappa shape index (κ3) is 4.81. The van der Waals surface area contributed by atoms with Crippen molar-refractivity contribution in [1.82, 2.24) is 19.3 Å². The molecular formula is C27H28FN5O2S. The molecule has 7 nitrogen and oxygen atoms in total. The zero-order valence-electron chi connectivity index (χ0n) is 20.4. The van der Waals surface area contributed by atoms with Gasteiger partial charge in [-0.15, -0.1) is 0 Å². The minimum Gasteiger partial charge on any atom is -0.355 e. The number of halogens is 1. The normalized spacial score (nSPS) is 15.2. The van der Waals surface area contributed by atoms with Gasteiger partial charge in [0.15, 0.2) is 0 Å². The fourth-order valence-corrected chi connectivity index (χ4v) is 6.44. The summed E-state index contributed by atoms with van der Waals surface area (Å²) in [6.07, 6.45) is 2.77. The van der Waals surface area contributed by atoms with Gasteiger partial charge in [-0.3, -0.25) is 4.98 Å². The number of para-hydroxylation sites is 1. The predicted molar refractivity (Wildman–Crippen MR) is 138 cm³/mol. The van der Waals surface area contributed by atoms with Crippen molar-refractivity contribution < 1.29 is 12.8 Å². The van der Waals surface area contributed by atoms with E-state index in [1.54, 1.807) is 34.8 Å². The van der Waals surface area contributed by atoms with Crippen LogP contribution in [0.25, 0.3) is 10.9 Å². The van der Waals surface area contributed by atoms with E-state index in [-0.39, 0.29) is 10.7 Å². The molecule has 0 atom stereocenters. The summed E-state index contributed by atoms with van der Waals surface area (Å²) in [4.78, 5) is 16.0. The van der Waals surface area contributed by atoms with E-state index in [0.717, 1.165) is 28.0 Å². The van der Waals surface area contributed by atoms with Crippen molar-refractivity contribution in [2.75, 3.05) is 31.1 Å². The molecule has 36 heavy (non-hydrogen) atoms. The summed E-state index contributed by atoms with van der Waals surface area (Å²) in [5.41, 5.74) is 3.10. The fourth-order valence-electron chi connectivity index (χ4n) is 4.81. The van der Waals surface area contributed by atoms with Gasteiger partial charge in [0.25, 0.3) is 0 Å². The van der Waals surface area contributed by atoms with E-state index in [2.05, 4.69) is 14.9 Å². The van der Waals surface area contributed by atoms with Crippen LogP contribution in [0.1, 0.15) is 29.1 Å². The summed E-state index contributed by atoms with van der Waals surface area (Å²) in [6.45, 7) is 5.67. The van der Waals surface area contributed by atoms with Crippen molar-refractivity contribution in [3.63, 3.8) is 0 Å². The van der Waals surface area contributed by atoms with Crippen molar-refractivity contribution in [2.24, 2.45) is 0 Å². The van der Waals surface area contributed by atoms with E-state index < -0.39 is 10.0 Å². The number of benzene rings is 2. The Morgan fingerprint density at radius 3 is 2.58 bits per heavy atom. The average Bonchev–Trinajstić information content (AvgIpc) is 3.12. The molecule has 0 bridgehead atoms. The molecule has 3 heterocycles. The van der Waals surface area contributed by atoms with Gasteiger partial charge in [-0.05, 0) is 50.1 Å². The summed E-state index contributed by atoms with van der Waals surface area (Å²) in [7, 11) is -3.73. The fraction of sp³-hybridized carbons (Fsp3) is 0.296. The number of fused-ring (bicyclic) bond motifs is 1. The highest BCUT2D eigenvalue weighted by atomic mass is 32.2. The summed E-state index contributed by atoms with van der Waals surface area (Å²) in [6, 6.07) is 15.5. The van der Waals surface area contributed by atoms with Gasteiger partial charge >= 0.3 is 0 Å². The number of hydrogen-bond donors (Lipinski definition) is 0. The molecule has 1 aliphatic rings. The Kier molecular flexibility index (Phi) is 6.68. The molecule has 9 heteroatoms. The lowest BCUT2D eigenvalue weighted by molar-refractivity contribution is 0.433. The molecule has 0 amide bonds. The summed E-state index contributed by atoms with van der Waals surface area (Å²) in [5, 5.41) is 0.795. The zero-order chi connectivity index (χ0) is 25.3. The second kappa shape index (κ2) is 9.91. The molecule has 1 aliphatic heterocycles. The number of aryl methyl sites for hydroxylation is 2. The quantitative estimate of drug-likeness (QED) is 0.403. The molecule has 0 radical (unpaired) electrons. The first-order valence-electron chi connectivity index (χ1n) is 12.0. The van der Waals surface area contributed by atoms with Crippen molar-refractivity contribution >= 4 is 26.7 Å². The first kappa shape index (κ1) is 24.3. The van der Waals surface area contributed by atoms with Gasteiger partial charge < -0.3 is 4.90 Å². The molecule has 0 unspecified atom stereocenters. The summed E-state index contributed by atoms with van der Waals surface area (Å²) >= 11 is 0. The molecule has 1 saturated heterocycles. The zero-order valence-corrected chi connectivity index (χ0v) is 21.2. The van der Waals surface area contributed by atoms with Gasteiger partial charge in [0.05, 0.1) is 5.52 Å². The lowest BCUT2D eigenvalue weighted by Gasteiger charge is -2.26. The third-order valence-corrected chi connectivity index (χ3v) is 8.47. The van der Waals surface area contributed by atoms with Crippen molar-refractivity contribution in [2.45, 2.75) is 31.6 Å². The van der Waals surface area contributed by atoms with Gasteiger partial charge in [-0.25, -0.2) is 22.8 Å². The minimum atomic E-state index is -3.73. The molecule has 0 N–H and O–H groups in total. The Morgan fingerprint density at radius 2 is 1.75 bits per heavy atom. The molecule has 1 fully saturated rings. The van der Waals surface area contributed by atoms with Crippen LogP contribution in [0.15, 0.2) is 65.7 Å². The van der Waals surface area contributed by atoms with E-state index in [0.29, 0.717) is 50.4 Å². The molecule has 2 aromatic carbocycles. The van der Waals surface area contributed by atoms with Crippen LogP contribution in [0.5, 0.6) is 0 Å². The van der Waals surface area contributed by atoms with Crippen LogP contribution in [0.3, 0.4) is 0 Å². The molecule has 2 aromatic heterocycles. The van der Waals surface area contributed by atoms with Crippen LogP contribution < -0.4 is 4.90 Å². The third-order valence-electron chi connectivity index (χ3n) is 6.54. The monoisotopic (exact) mass is 505 g/mol. The van der Waals surface area contributed by atoms with Gasteiger partial charge in [0.1, 0.15) is 22.4 Å². The lowest BCUT2D eigenvalue weighted by atomic mass is 10.0.